The Hall–Kier alpha value is -0.530. The topological polar surface area (TPSA) is 12.0 Å². The minimum atomic E-state index is 0.767. The van der Waals surface area contributed by atoms with Crippen LogP contribution in [0.3, 0.4) is 0 Å². The Morgan fingerprint density at radius 2 is 2.15 bits per heavy atom. The van der Waals surface area contributed by atoms with Crippen molar-refractivity contribution in [3.63, 3.8) is 0 Å². The molecule has 0 heterocycles. The molecule has 0 amide bonds. The van der Waals surface area contributed by atoms with Crippen LogP contribution < -0.4 is 5.32 Å². The molecule has 1 N–H and O–H groups in total. The summed E-state index contributed by atoms with van der Waals surface area (Å²) in [5.74, 6) is 0. The number of nitrogens with one attached hydrogen (secondary N) is 1. The average Bonchev–Trinajstić information content (AvgIpc) is 2.13. The summed E-state index contributed by atoms with van der Waals surface area (Å²) in [7, 11) is 1.94. The zero-order chi connectivity index (χ0) is 10.3. The lowest BCUT2D eigenvalue weighted by molar-refractivity contribution is 0.790. The van der Waals surface area contributed by atoms with E-state index >= 15 is 0 Å². The first-order valence-electron chi connectivity index (χ1n) is 4.44. The van der Waals surface area contributed by atoms with Gasteiger partial charge in [-0.2, -0.15) is 0 Å². The molecule has 0 saturated carbocycles. The SMILES string of the molecule is C=C(CCNC)/C(C)=C/C(Cl)=C\C. The molecule has 0 aromatic rings. The van der Waals surface area contributed by atoms with Crippen LogP contribution in [0, 0.1) is 0 Å². The fourth-order valence-corrected chi connectivity index (χ4v) is 1.03. The summed E-state index contributed by atoms with van der Waals surface area (Å²) in [6.07, 6.45) is 4.78. The van der Waals surface area contributed by atoms with Crippen molar-refractivity contribution in [1.82, 2.24) is 5.32 Å². The molecule has 2 heteroatoms. The lowest BCUT2D eigenvalue weighted by atomic mass is 10.1. The van der Waals surface area contributed by atoms with Crippen molar-refractivity contribution in [2.75, 3.05) is 13.6 Å². The van der Waals surface area contributed by atoms with Crippen molar-refractivity contribution in [2.45, 2.75) is 20.3 Å². The molecule has 0 aliphatic heterocycles. The third-order valence-electron chi connectivity index (χ3n) is 1.86. The largest absolute Gasteiger partial charge is 0.319 e. The van der Waals surface area contributed by atoms with Gasteiger partial charge in [-0.15, -0.1) is 0 Å². The lowest BCUT2D eigenvalue weighted by Gasteiger charge is -2.05. The molecule has 74 valence electrons. The van der Waals surface area contributed by atoms with Crippen LogP contribution in [0.2, 0.25) is 0 Å². The molecule has 0 radical (unpaired) electrons. The molecule has 0 bridgehead atoms. The van der Waals surface area contributed by atoms with Gasteiger partial charge < -0.3 is 5.32 Å². The molecule has 0 spiro atoms. The van der Waals surface area contributed by atoms with Gasteiger partial charge in [0.15, 0.2) is 0 Å². The molecule has 0 unspecified atom stereocenters. The van der Waals surface area contributed by atoms with Gasteiger partial charge in [-0.3, -0.25) is 0 Å². The highest BCUT2D eigenvalue weighted by Crippen LogP contribution is 2.15. The van der Waals surface area contributed by atoms with Crippen molar-refractivity contribution >= 4 is 11.6 Å². The van der Waals surface area contributed by atoms with Gasteiger partial charge >= 0.3 is 0 Å². The monoisotopic (exact) mass is 199 g/mol. The lowest BCUT2D eigenvalue weighted by Crippen LogP contribution is -2.08. The number of rotatable bonds is 5. The maximum absolute atomic E-state index is 5.87. The van der Waals surface area contributed by atoms with Crippen molar-refractivity contribution in [2.24, 2.45) is 0 Å². The van der Waals surface area contributed by atoms with Crippen LogP contribution in [0.25, 0.3) is 0 Å². The Balaban J connectivity index is 4.17. The molecule has 0 aliphatic rings. The van der Waals surface area contributed by atoms with Crippen molar-refractivity contribution in [3.05, 3.63) is 34.9 Å². The number of hydrogen-bond acceptors (Lipinski definition) is 1. The molecule has 0 rings (SSSR count). The predicted molar refractivity (Wildman–Crippen MR) is 61.1 cm³/mol. The third kappa shape index (κ3) is 5.67. The van der Waals surface area contributed by atoms with Gasteiger partial charge in [0.1, 0.15) is 0 Å². The molecule has 0 atom stereocenters. The fourth-order valence-electron chi connectivity index (χ4n) is 0.865. The van der Waals surface area contributed by atoms with E-state index in [2.05, 4.69) is 11.9 Å². The van der Waals surface area contributed by atoms with E-state index < -0.39 is 0 Å². The number of halogens is 1. The van der Waals surface area contributed by atoms with Crippen molar-refractivity contribution < 1.29 is 0 Å². The Morgan fingerprint density at radius 1 is 1.54 bits per heavy atom. The van der Waals surface area contributed by atoms with Crippen LogP contribution in [0.15, 0.2) is 34.9 Å². The molecule has 1 nitrogen and oxygen atoms in total. The van der Waals surface area contributed by atoms with E-state index in [4.69, 9.17) is 11.6 Å². The molecule has 0 aromatic heterocycles. The predicted octanol–water partition coefficient (Wildman–Crippen LogP) is 3.24. The number of hydrogen-bond donors (Lipinski definition) is 1. The van der Waals surface area contributed by atoms with Crippen LogP contribution >= 0.6 is 11.6 Å². The van der Waals surface area contributed by atoms with Gasteiger partial charge in [0.05, 0.1) is 0 Å². The summed E-state index contributed by atoms with van der Waals surface area (Å²) in [5.41, 5.74) is 2.28. The van der Waals surface area contributed by atoms with Crippen LogP contribution in [0.5, 0.6) is 0 Å². The van der Waals surface area contributed by atoms with Gasteiger partial charge in [-0.05, 0) is 45.5 Å². The number of allylic oxidation sites excluding steroid dienone is 4. The van der Waals surface area contributed by atoms with E-state index in [1.807, 2.05) is 33.0 Å². The molecular weight excluding hydrogens is 182 g/mol. The van der Waals surface area contributed by atoms with Gasteiger partial charge in [-0.25, -0.2) is 0 Å². The quantitative estimate of drug-likeness (QED) is 0.671. The van der Waals surface area contributed by atoms with Crippen LogP contribution in [0.4, 0.5) is 0 Å². The van der Waals surface area contributed by atoms with E-state index in [1.54, 1.807) is 0 Å². The summed E-state index contributed by atoms with van der Waals surface area (Å²) in [6, 6.07) is 0. The molecule has 0 aliphatic carbocycles. The Bertz CT molecular complexity index is 226. The second-order valence-electron chi connectivity index (χ2n) is 2.96. The molecular formula is C11H18ClN. The molecule has 0 aromatic carbocycles. The summed E-state index contributed by atoms with van der Waals surface area (Å²) in [4.78, 5) is 0. The van der Waals surface area contributed by atoms with E-state index in [0.717, 1.165) is 29.1 Å². The standard InChI is InChI=1S/C11H18ClN/c1-5-11(12)8-10(3)9(2)6-7-13-4/h5,8,13H,2,6-7H2,1,3-4H3/b10-8+,11-5+. The van der Waals surface area contributed by atoms with Gasteiger partial charge in [-0.1, -0.05) is 29.8 Å². The zero-order valence-electron chi connectivity index (χ0n) is 8.65. The van der Waals surface area contributed by atoms with E-state index in [1.165, 1.54) is 0 Å². The Kier molecular flexibility index (Phi) is 6.65. The first-order chi connectivity index (χ1) is 6.11. The second kappa shape index (κ2) is 6.93. The van der Waals surface area contributed by atoms with Crippen LogP contribution in [-0.4, -0.2) is 13.6 Å². The average molecular weight is 200 g/mol. The summed E-state index contributed by atoms with van der Waals surface area (Å²) in [5, 5.41) is 3.85. The first-order valence-corrected chi connectivity index (χ1v) is 4.82. The highest BCUT2D eigenvalue weighted by atomic mass is 35.5. The van der Waals surface area contributed by atoms with Gasteiger partial charge in [0, 0.05) is 5.03 Å². The summed E-state index contributed by atoms with van der Waals surface area (Å²) >= 11 is 5.87. The highest BCUT2D eigenvalue weighted by molar-refractivity contribution is 6.31. The normalized spacial score (nSPS) is 13.2. The Labute approximate surface area is 86.2 Å². The fraction of sp³-hybridized carbons (Fsp3) is 0.455. The smallest absolute Gasteiger partial charge is 0.0366 e. The highest BCUT2D eigenvalue weighted by Gasteiger charge is 1.96. The summed E-state index contributed by atoms with van der Waals surface area (Å²) in [6.45, 7) is 8.89. The first kappa shape index (κ1) is 12.5. The van der Waals surface area contributed by atoms with E-state index in [0.29, 0.717) is 0 Å². The minimum absolute atomic E-state index is 0.767. The zero-order valence-corrected chi connectivity index (χ0v) is 9.41. The molecule has 13 heavy (non-hydrogen) atoms. The van der Waals surface area contributed by atoms with Crippen LogP contribution in [-0.2, 0) is 0 Å². The Morgan fingerprint density at radius 3 is 2.62 bits per heavy atom. The van der Waals surface area contributed by atoms with Crippen molar-refractivity contribution in [1.29, 1.82) is 0 Å². The second-order valence-corrected chi connectivity index (χ2v) is 3.39. The minimum Gasteiger partial charge on any atom is -0.319 e. The van der Waals surface area contributed by atoms with Gasteiger partial charge in [0.2, 0.25) is 0 Å². The summed E-state index contributed by atoms with van der Waals surface area (Å²) < 4.78 is 0. The van der Waals surface area contributed by atoms with Crippen LogP contribution in [0.1, 0.15) is 20.3 Å². The maximum Gasteiger partial charge on any atom is 0.0366 e. The van der Waals surface area contributed by atoms with Crippen molar-refractivity contribution in [3.8, 4) is 0 Å². The third-order valence-corrected chi connectivity index (χ3v) is 2.19. The van der Waals surface area contributed by atoms with E-state index in [-0.39, 0.29) is 0 Å². The van der Waals surface area contributed by atoms with E-state index in [9.17, 15) is 0 Å². The maximum atomic E-state index is 5.87. The molecule has 0 fully saturated rings. The molecule has 0 saturated heterocycles. The van der Waals surface area contributed by atoms with Gasteiger partial charge in [0.25, 0.3) is 0 Å².